The van der Waals surface area contributed by atoms with E-state index in [9.17, 15) is 4.79 Å². The average molecular weight is 223 g/mol. The zero-order valence-electron chi connectivity index (χ0n) is 9.35. The van der Waals surface area contributed by atoms with E-state index in [0.29, 0.717) is 13.0 Å². The lowest BCUT2D eigenvalue weighted by Crippen LogP contribution is -2.15. The fourth-order valence-corrected chi connectivity index (χ4v) is 1.58. The van der Waals surface area contributed by atoms with Crippen LogP contribution in [0.2, 0.25) is 0 Å². The largest absolute Gasteiger partial charge is 0.469 e. The van der Waals surface area contributed by atoms with Crippen LogP contribution in [0, 0.1) is 0 Å². The smallest absolute Gasteiger partial charge is 0.313 e. The molecule has 1 aromatic carbocycles. The van der Waals surface area contributed by atoms with Crippen molar-refractivity contribution in [2.75, 3.05) is 13.7 Å². The molecule has 1 rings (SSSR count). The fraction of sp³-hybridized carbons (Fsp3) is 0.417. The highest BCUT2D eigenvalue weighted by Gasteiger charge is 2.20. The van der Waals surface area contributed by atoms with Crippen LogP contribution < -0.4 is 5.73 Å². The van der Waals surface area contributed by atoms with E-state index in [1.54, 1.807) is 0 Å². The van der Waals surface area contributed by atoms with E-state index in [1.807, 2.05) is 24.3 Å². The Balaban J connectivity index is 2.87. The monoisotopic (exact) mass is 223 g/mol. The highest BCUT2D eigenvalue weighted by molar-refractivity contribution is 5.78. The Hall–Kier alpha value is -1.39. The predicted octanol–water partition coefficient (Wildman–Crippen LogP) is 0.784. The van der Waals surface area contributed by atoms with Crippen LogP contribution in [-0.2, 0) is 16.1 Å². The first kappa shape index (κ1) is 12.7. The number of esters is 1. The van der Waals surface area contributed by atoms with Gasteiger partial charge in [-0.25, -0.2) is 0 Å². The standard InChI is InChI=1S/C12H17NO3/c1-16-12(15)11(6-7-14)10-4-2-9(8-13)3-5-10/h2-5,11,14H,6-8,13H2,1H3. The van der Waals surface area contributed by atoms with Crippen LogP contribution in [0.3, 0.4) is 0 Å². The van der Waals surface area contributed by atoms with E-state index in [-0.39, 0.29) is 12.6 Å². The maximum absolute atomic E-state index is 11.5. The van der Waals surface area contributed by atoms with E-state index in [1.165, 1.54) is 7.11 Å². The van der Waals surface area contributed by atoms with Crippen molar-refractivity contribution in [3.05, 3.63) is 35.4 Å². The molecule has 1 atom stereocenters. The summed E-state index contributed by atoms with van der Waals surface area (Å²) in [6, 6.07) is 7.45. The molecule has 0 aromatic heterocycles. The molecule has 0 fully saturated rings. The number of ether oxygens (including phenoxy) is 1. The molecule has 3 N–H and O–H groups in total. The fourth-order valence-electron chi connectivity index (χ4n) is 1.58. The van der Waals surface area contributed by atoms with Crippen LogP contribution in [0.5, 0.6) is 0 Å². The summed E-state index contributed by atoms with van der Waals surface area (Å²) >= 11 is 0. The molecule has 1 aromatic rings. The van der Waals surface area contributed by atoms with Crippen molar-refractivity contribution in [3.8, 4) is 0 Å². The molecule has 4 heteroatoms. The van der Waals surface area contributed by atoms with Crippen LogP contribution in [-0.4, -0.2) is 24.8 Å². The Labute approximate surface area is 95.0 Å². The normalized spacial score (nSPS) is 12.2. The van der Waals surface area contributed by atoms with Gasteiger partial charge < -0.3 is 15.6 Å². The topological polar surface area (TPSA) is 72.5 Å². The SMILES string of the molecule is COC(=O)C(CCO)c1ccc(CN)cc1. The summed E-state index contributed by atoms with van der Waals surface area (Å²) in [7, 11) is 1.35. The number of methoxy groups -OCH3 is 1. The number of aliphatic hydroxyl groups is 1. The van der Waals surface area contributed by atoms with Crippen molar-refractivity contribution < 1.29 is 14.6 Å². The third-order valence-electron chi connectivity index (χ3n) is 2.52. The van der Waals surface area contributed by atoms with E-state index in [2.05, 4.69) is 0 Å². The minimum atomic E-state index is -0.401. The summed E-state index contributed by atoms with van der Waals surface area (Å²) < 4.78 is 4.70. The first-order chi connectivity index (χ1) is 7.72. The number of benzene rings is 1. The van der Waals surface area contributed by atoms with Gasteiger partial charge in [0.05, 0.1) is 13.0 Å². The van der Waals surface area contributed by atoms with Gasteiger partial charge in [0.2, 0.25) is 0 Å². The summed E-state index contributed by atoms with van der Waals surface area (Å²) in [5.74, 6) is -0.726. The van der Waals surface area contributed by atoms with Gasteiger partial charge in [-0.15, -0.1) is 0 Å². The molecule has 0 heterocycles. The molecule has 0 saturated carbocycles. The molecule has 0 aliphatic heterocycles. The van der Waals surface area contributed by atoms with Crippen LogP contribution in [0.15, 0.2) is 24.3 Å². The van der Waals surface area contributed by atoms with E-state index in [4.69, 9.17) is 15.6 Å². The number of aliphatic hydroxyl groups excluding tert-OH is 1. The second kappa shape index (κ2) is 6.25. The summed E-state index contributed by atoms with van der Waals surface area (Å²) in [5, 5.41) is 8.92. The molecule has 16 heavy (non-hydrogen) atoms. The van der Waals surface area contributed by atoms with Crippen molar-refractivity contribution in [2.24, 2.45) is 5.73 Å². The number of hydrogen-bond donors (Lipinski definition) is 2. The van der Waals surface area contributed by atoms with Gasteiger partial charge in [-0.2, -0.15) is 0 Å². The zero-order valence-corrected chi connectivity index (χ0v) is 9.35. The van der Waals surface area contributed by atoms with Gasteiger partial charge in [0.25, 0.3) is 0 Å². The summed E-state index contributed by atoms with van der Waals surface area (Å²) in [4.78, 5) is 11.5. The molecule has 0 saturated heterocycles. The molecule has 4 nitrogen and oxygen atoms in total. The van der Waals surface area contributed by atoms with Crippen LogP contribution in [0.1, 0.15) is 23.5 Å². The molecule has 0 amide bonds. The van der Waals surface area contributed by atoms with Gasteiger partial charge >= 0.3 is 5.97 Å². The Morgan fingerprint density at radius 1 is 1.44 bits per heavy atom. The molecular formula is C12H17NO3. The van der Waals surface area contributed by atoms with Gasteiger partial charge in [0.1, 0.15) is 0 Å². The van der Waals surface area contributed by atoms with Crippen molar-refractivity contribution >= 4 is 5.97 Å². The Kier molecular flexibility index (Phi) is 4.95. The third-order valence-corrected chi connectivity index (χ3v) is 2.52. The maximum Gasteiger partial charge on any atom is 0.313 e. The van der Waals surface area contributed by atoms with Crippen molar-refractivity contribution in [1.29, 1.82) is 0 Å². The van der Waals surface area contributed by atoms with Gasteiger partial charge in [0, 0.05) is 13.2 Å². The van der Waals surface area contributed by atoms with E-state index < -0.39 is 5.92 Å². The molecule has 1 unspecified atom stereocenters. The van der Waals surface area contributed by atoms with Crippen LogP contribution in [0.4, 0.5) is 0 Å². The summed E-state index contributed by atoms with van der Waals surface area (Å²) in [5.41, 5.74) is 7.35. The third kappa shape index (κ3) is 3.05. The molecule has 88 valence electrons. The minimum absolute atomic E-state index is 0.0432. The first-order valence-electron chi connectivity index (χ1n) is 5.20. The lowest BCUT2D eigenvalue weighted by Gasteiger charge is -2.13. The van der Waals surface area contributed by atoms with Crippen LogP contribution in [0.25, 0.3) is 0 Å². The lowest BCUT2D eigenvalue weighted by molar-refractivity contribution is -0.142. The Bertz CT molecular complexity index is 335. The first-order valence-corrected chi connectivity index (χ1v) is 5.20. The van der Waals surface area contributed by atoms with Crippen molar-refractivity contribution in [3.63, 3.8) is 0 Å². The second-order valence-electron chi connectivity index (χ2n) is 3.53. The Morgan fingerprint density at radius 2 is 2.06 bits per heavy atom. The highest BCUT2D eigenvalue weighted by atomic mass is 16.5. The maximum atomic E-state index is 11.5. The summed E-state index contributed by atoms with van der Waals surface area (Å²) in [6.07, 6.45) is 0.370. The van der Waals surface area contributed by atoms with Gasteiger partial charge in [-0.05, 0) is 17.5 Å². The van der Waals surface area contributed by atoms with E-state index in [0.717, 1.165) is 11.1 Å². The van der Waals surface area contributed by atoms with Crippen LogP contribution >= 0.6 is 0 Å². The number of carbonyl (C=O) groups is 1. The number of rotatable bonds is 5. The molecule has 0 spiro atoms. The average Bonchev–Trinajstić information content (AvgIpc) is 2.35. The number of hydrogen-bond acceptors (Lipinski definition) is 4. The summed E-state index contributed by atoms with van der Waals surface area (Å²) in [6.45, 7) is 0.432. The molecule has 0 radical (unpaired) electrons. The molecule has 0 bridgehead atoms. The van der Waals surface area contributed by atoms with Gasteiger partial charge in [-0.3, -0.25) is 4.79 Å². The molecular weight excluding hydrogens is 206 g/mol. The molecule has 0 aliphatic carbocycles. The Morgan fingerprint density at radius 3 is 2.50 bits per heavy atom. The molecule has 0 aliphatic rings. The highest BCUT2D eigenvalue weighted by Crippen LogP contribution is 2.21. The zero-order chi connectivity index (χ0) is 12.0. The quantitative estimate of drug-likeness (QED) is 0.724. The van der Waals surface area contributed by atoms with Gasteiger partial charge in [-0.1, -0.05) is 24.3 Å². The number of nitrogens with two attached hydrogens (primary N) is 1. The number of carbonyl (C=O) groups excluding carboxylic acids is 1. The van der Waals surface area contributed by atoms with E-state index >= 15 is 0 Å². The predicted molar refractivity (Wildman–Crippen MR) is 60.8 cm³/mol. The van der Waals surface area contributed by atoms with Gasteiger partial charge in [0.15, 0.2) is 0 Å². The van der Waals surface area contributed by atoms with Crippen molar-refractivity contribution in [1.82, 2.24) is 0 Å². The minimum Gasteiger partial charge on any atom is -0.469 e. The van der Waals surface area contributed by atoms with Crippen molar-refractivity contribution in [2.45, 2.75) is 18.9 Å². The second-order valence-corrected chi connectivity index (χ2v) is 3.53. The lowest BCUT2D eigenvalue weighted by atomic mass is 9.95.